The van der Waals surface area contributed by atoms with Crippen molar-refractivity contribution in [2.45, 2.75) is 44.6 Å². The molecule has 0 atom stereocenters. The van der Waals surface area contributed by atoms with Crippen molar-refractivity contribution in [1.29, 1.82) is 0 Å². The van der Waals surface area contributed by atoms with E-state index in [1.54, 1.807) is 0 Å². The SMILES string of the molecule is Fc1cc(F)cc(CCNC2C3CC4CC(C3)CC2C4)c1. The van der Waals surface area contributed by atoms with Crippen molar-refractivity contribution >= 4 is 0 Å². The topological polar surface area (TPSA) is 12.0 Å². The van der Waals surface area contributed by atoms with Crippen LogP contribution in [0.1, 0.15) is 37.7 Å². The van der Waals surface area contributed by atoms with Crippen LogP contribution >= 0.6 is 0 Å². The van der Waals surface area contributed by atoms with Gasteiger partial charge in [0, 0.05) is 12.1 Å². The highest BCUT2D eigenvalue weighted by Gasteiger charge is 2.47. The number of nitrogens with one attached hydrogen (secondary N) is 1. The van der Waals surface area contributed by atoms with Crippen molar-refractivity contribution in [3.05, 3.63) is 35.4 Å². The summed E-state index contributed by atoms with van der Waals surface area (Å²) in [6, 6.07) is 4.48. The van der Waals surface area contributed by atoms with E-state index in [1.807, 2.05) is 0 Å². The molecule has 0 aromatic heterocycles. The van der Waals surface area contributed by atoms with Crippen LogP contribution in [0, 0.1) is 35.3 Å². The monoisotopic (exact) mass is 291 g/mol. The van der Waals surface area contributed by atoms with Gasteiger partial charge in [0.1, 0.15) is 11.6 Å². The molecule has 1 aromatic rings. The molecule has 5 rings (SSSR count). The van der Waals surface area contributed by atoms with Gasteiger partial charge in [0.15, 0.2) is 0 Å². The molecular formula is C18H23F2N. The summed E-state index contributed by atoms with van der Waals surface area (Å²) >= 11 is 0. The van der Waals surface area contributed by atoms with Crippen LogP contribution in [0.5, 0.6) is 0 Å². The Kier molecular flexibility index (Phi) is 3.49. The van der Waals surface area contributed by atoms with Gasteiger partial charge in [-0.2, -0.15) is 0 Å². The Hall–Kier alpha value is -0.960. The molecule has 0 unspecified atom stereocenters. The van der Waals surface area contributed by atoms with Crippen molar-refractivity contribution in [2.75, 3.05) is 6.54 Å². The Morgan fingerprint density at radius 2 is 1.43 bits per heavy atom. The fourth-order valence-electron chi connectivity index (χ4n) is 5.40. The van der Waals surface area contributed by atoms with Gasteiger partial charge in [0.2, 0.25) is 0 Å². The Balaban J connectivity index is 1.35. The number of hydrogen-bond donors (Lipinski definition) is 1. The van der Waals surface area contributed by atoms with E-state index in [0.29, 0.717) is 12.5 Å². The van der Waals surface area contributed by atoms with Crippen LogP contribution in [0.4, 0.5) is 8.78 Å². The second-order valence-electron chi connectivity index (χ2n) is 7.44. The highest BCUT2D eigenvalue weighted by Crippen LogP contribution is 2.53. The number of rotatable bonds is 4. The fraction of sp³-hybridized carbons (Fsp3) is 0.667. The lowest BCUT2D eigenvalue weighted by Gasteiger charge is -2.54. The molecule has 1 nitrogen and oxygen atoms in total. The quantitative estimate of drug-likeness (QED) is 0.886. The average molecular weight is 291 g/mol. The highest BCUT2D eigenvalue weighted by molar-refractivity contribution is 5.18. The third-order valence-corrected chi connectivity index (χ3v) is 5.94. The van der Waals surface area contributed by atoms with E-state index in [9.17, 15) is 8.78 Å². The molecule has 0 aliphatic heterocycles. The standard InChI is InChI=1S/C18H23F2N/c19-16-8-11(9-17(20)10-16)1-2-21-18-14-4-12-3-13(6-14)7-15(18)5-12/h8-10,12-15,18,21H,1-7H2. The van der Waals surface area contributed by atoms with Crippen molar-refractivity contribution in [1.82, 2.24) is 5.32 Å². The molecule has 114 valence electrons. The first-order valence-corrected chi connectivity index (χ1v) is 8.35. The third kappa shape index (κ3) is 2.73. The Bertz CT molecular complexity index is 480. The summed E-state index contributed by atoms with van der Waals surface area (Å²) in [5.41, 5.74) is 0.754. The largest absolute Gasteiger partial charge is 0.313 e. The number of hydrogen-bond acceptors (Lipinski definition) is 1. The third-order valence-electron chi connectivity index (χ3n) is 5.94. The lowest BCUT2D eigenvalue weighted by molar-refractivity contribution is -0.0133. The zero-order valence-electron chi connectivity index (χ0n) is 12.3. The summed E-state index contributed by atoms with van der Waals surface area (Å²) in [4.78, 5) is 0. The van der Waals surface area contributed by atoms with Gasteiger partial charge in [-0.1, -0.05) is 0 Å². The maximum absolute atomic E-state index is 13.2. The van der Waals surface area contributed by atoms with Gasteiger partial charge in [0.05, 0.1) is 0 Å². The second-order valence-corrected chi connectivity index (χ2v) is 7.44. The van der Waals surface area contributed by atoms with Crippen molar-refractivity contribution in [2.24, 2.45) is 23.7 Å². The summed E-state index contributed by atoms with van der Waals surface area (Å²) in [5.74, 6) is 2.74. The smallest absolute Gasteiger partial charge is 0.126 e. The molecule has 3 heteroatoms. The molecule has 0 radical (unpaired) electrons. The first kappa shape index (κ1) is 13.7. The predicted molar refractivity (Wildman–Crippen MR) is 78.9 cm³/mol. The van der Waals surface area contributed by atoms with Crippen LogP contribution in [0.15, 0.2) is 18.2 Å². The van der Waals surface area contributed by atoms with Crippen LogP contribution in [-0.2, 0) is 6.42 Å². The summed E-state index contributed by atoms with van der Waals surface area (Å²) in [6.07, 6.45) is 7.79. The van der Waals surface area contributed by atoms with Crippen molar-refractivity contribution < 1.29 is 8.78 Å². The predicted octanol–water partition coefficient (Wildman–Crippen LogP) is 3.92. The summed E-state index contributed by atoms with van der Waals surface area (Å²) in [5, 5.41) is 3.71. The van der Waals surface area contributed by atoms with E-state index in [0.717, 1.165) is 41.8 Å². The maximum atomic E-state index is 13.2. The maximum Gasteiger partial charge on any atom is 0.126 e. The minimum Gasteiger partial charge on any atom is -0.313 e. The van der Waals surface area contributed by atoms with Crippen LogP contribution < -0.4 is 5.32 Å². The van der Waals surface area contributed by atoms with Gasteiger partial charge in [-0.25, -0.2) is 8.78 Å². The van der Waals surface area contributed by atoms with E-state index in [-0.39, 0.29) is 0 Å². The molecule has 0 heterocycles. The zero-order valence-corrected chi connectivity index (χ0v) is 12.3. The minimum atomic E-state index is -0.473. The molecule has 4 aliphatic carbocycles. The van der Waals surface area contributed by atoms with Gasteiger partial charge < -0.3 is 5.32 Å². The molecule has 1 aromatic carbocycles. The van der Waals surface area contributed by atoms with Gasteiger partial charge in [0.25, 0.3) is 0 Å². The fourth-order valence-corrected chi connectivity index (χ4v) is 5.40. The second kappa shape index (κ2) is 5.35. The van der Waals surface area contributed by atoms with Crippen molar-refractivity contribution in [3.63, 3.8) is 0 Å². The van der Waals surface area contributed by atoms with Gasteiger partial charge in [-0.05, 0) is 86.4 Å². The molecule has 1 N–H and O–H groups in total. The summed E-state index contributed by atoms with van der Waals surface area (Å²) in [7, 11) is 0. The Morgan fingerprint density at radius 1 is 0.857 bits per heavy atom. The van der Waals surface area contributed by atoms with Crippen LogP contribution in [-0.4, -0.2) is 12.6 Å². The van der Waals surface area contributed by atoms with E-state index in [2.05, 4.69) is 5.32 Å². The number of halogens is 2. The molecule has 0 spiro atoms. The highest BCUT2D eigenvalue weighted by atomic mass is 19.1. The minimum absolute atomic E-state index is 0.473. The van der Waals surface area contributed by atoms with E-state index in [1.165, 1.54) is 44.2 Å². The summed E-state index contributed by atoms with van der Waals surface area (Å²) < 4.78 is 26.4. The van der Waals surface area contributed by atoms with E-state index >= 15 is 0 Å². The molecule has 21 heavy (non-hydrogen) atoms. The number of benzene rings is 1. The average Bonchev–Trinajstić information content (AvgIpc) is 2.40. The van der Waals surface area contributed by atoms with Crippen molar-refractivity contribution in [3.8, 4) is 0 Å². The molecule has 0 saturated heterocycles. The lowest BCUT2D eigenvalue weighted by atomic mass is 9.54. The molecule has 4 fully saturated rings. The normalized spacial score (nSPS) is 37.1. The lowest BCUT2D eigenvalue weighted by Crippen LogP contribution is -2.54. The zero-order chi connectivity index (χ0) is 14.4. The first-order chi connectivity index (χ1) is 10.2. The molecule has 4 aliphatic rings. The summed E-state index contributed by atoms with van der Waals surface area (Å²) in [6.45, 7) is 0.829. The first-order valence-electron chi connectivity index (χ1n) is 8.35. The molecule has 0 amide bonds. The van der Waals surface area contributed by atoms with E-state index in [4.69, 9.17) is 0 Å². The molecule has 4 saturated carbocycles. The van der Waals surface area contributed by atoms with Gasteiger partial charge >= 0.3 is 0 Å². The molecular weight excluding hydrogens is 268 g/mol. The van der Waals surface area contributed by atoms with Gasteiger partial charge in [-0.3, -0.25) is 0 Å². The van der Waals surface area contributed by atoms with E-state index < -0.39 is 11.6 Å². The van der Waals surface area contributed by atoms with Crippen LogP contribution in [0.2, 0.25) is 0 Å². The van der Waals surface area contributed by atoms with Crippen LogP contribution in [0.25, 0.3) is 0 Å². The van der Waals surface area contributed by atoms with Crippen LogP contribution in [0.3, 0.4) is 0 Å². The molecule has 4 bridgehead atoms. The Labute approximate surface area is 125 Å². The van der Waals surface area contributed by atoms with Gasteiger partial charge in [-0.15, -0.1) is 0 Å². The Morgan fingerprint density at radius 3 is 2.00 bits per heavy atom.